The van der Waals surface area contributed by atoms with Crippen molar-refractivity contribution in [3.63, 3.8) is 0 Å². The van der Waals surface area contributed by atoms with Crippen LogP contribution in [-0.2, 0) is 6.42 Å². The Bertz CT molecular complexity index is 296. The minimum atomic E-state index is 0.897. The second kappa shape index (κ2) is 6.87. The summed E-state index contributed by atoms with van der Waals surface area (Å²) in [5.74, 6) is 0. The van der Waals surface area contributed by atoms with Crippen LogP contribution >= 0.6 is 30.1 Å². The minimum absolute atomic E-state index is 0.897. The first-order chi connectivity index (χ1) is 7.88. The molecular weight excluding hydrogens is 329 g/mol. The smallest absolute Gasteiger partial charge is 0.0172 e. The highest BCUT2D eigenvalue weighted by Gasteiger charge is 2.18. The Hall–Kier alpha value is 0.260. The first-order valence-electron chi connectivity index (χ1n) is 5.92. The molecule has 1 saturated heterocycles. The van der Waals surface area contributed by atoms with Gasteiger partial charge in [-0.2, -0.15) is 0 Å². The molecule has 3 heteroatoms. The molecule has 1 aromatic rings. The molecule has 0 saturated carbocycles. The van der Waals surface area contributed by atoms with Crippen molar-refractivity contribution in [1.82, 2.24) is 4.90 Å². The summed E-state index contributed by atoms with van der Waals surface area (Å²) in [6.45, 7) is 3.80. The Morgan fingerprint density at radius 2 is 1.88 bits per heavy atom. The van der Waals surface area contributed by atoms with Crippen molar-refractivity contribution in [2.45, 2.75) is 24.5 Å². The molecule has 1 aliphatic heterocycles. The van der Waals surface area contributed by atoms with Gasteiger partial charge >= 0.3 is 0 Å². The average molecular weight is 347 g/mol. The molecule has 1 aromatic carbocycles. The van der Waals surface area contributed by atoms with Crippen LogP contribution in [0.5, 0.6) is 0 Å². The van der Waals surface area contributed by atoms with Gasteiger partial charge in [0.1, 0.15) is 0 Å². The van der Waals surface area contributed by atoms with E-state index in [4.69, 9.17) is 0 Å². The third-order valence-corrected chi connectivity index (χ3v) is 6.10. The predicted molar refractivity (Wildman–Crippen MR) is 81.2 cm³/mol. The van der Waals surface area contributed by atoms with E-state index in [1.54, 1.807) is 0 Å². The van der Waals surface area contributed by atoms with Crippen LogP contribution in [-0.4, -0.2) is 29.8 Å². The van der Waals surface area contributed by atoms with Gasteiger partial charge in [0.05, 0.1) is 0 Å². The minimum Gasteiger partial charge on any atom is -0.303 e. The van der Waals surface area contributed by atoms with Crippen LogP contribution in [0.2, 0.25) is 0 Å². The second-order valence-electron chi connectivity index (χ2n) is 4.37. The summed E-state index contributed by atoms with van der Waals surface area (Å²) in [6.07, 6.45) is 3.92. The van der Waals surface area contributed by atoms with Gasteiger partial charge in [0.25, 0.3) is 0 Å². The van der Waals surface area contributed by atoms with Crippen molar-refractivity contribution in [1.29, 1.82) is 0 Å². The van der Waals surface area contributed by atoms with Crippen LogP contribution in [0.3, 0.4) is 0 Å². The van der Waals surface area contributed by atoms with Crippen molar-refractivity contribution in [2.24, 2.45) is 0 Å². The molecule has 1 aliphatic rings. The maximum Gasteiger partial charge on any atom is 0.0172 e. The van der Waals surface area contributed by atoms with Gasteiger partial charge in [0.2, 0.25) is 0 Å². The van der Waals surface area contributed by atoms with Crippen LogP contribution in [0.4, 0.5) is 0 Å². The van der Waals surface area contributed by atoms with Gasteiger partial charge < -0.3 is 4.90 Å². The van der Waals surface area contributed by atoms with Crippen LogP contribution in [0.15, 0.2) is 30.3 Å². The van der Waals surface area contributed by atoms with Crippen molar-refractivity contribution in [2.75, 3.05) is 19.6 Å². The lowest BCUT2D eigenvalue weighted by Crippen LogP contribution is -2.35. The average Bonchev–Trinajstić information content (AvgIpc) is 2.38. The number of rotatable bonds is 4. The maximum atomic E-state index is 2.61. The van der Waals surface area contributed by atoms with Crippen LogP contribution < -0.4 is 0 Å². The van der Waals surface area contributed by atoms with Gasteiger partial charge in [-0.1, -0.05) is 39.3 Å². The third-order valence-electron chi connectivity index (χ3n) is 3.22. The predicted octanol–water partition coefficient (Wildman–Crippen LogP) is 3.78. The fraction of sp³-hybridized carbons (Fsp3) is 0.538. The van der Waals surface area contributed by atoms with E-state index in [1.165, 1.54) is 44.5 Å². The SMILES string of the molecule is ISC1CCN(CCc2ccccc2)CC1. The Balaban J connectivity index is 1.72. The van der Waals surface area contributed by atoms with E-state index in [0.717, 1.165) is 5.25 Å². The van der Waals surface area contributed by atoms with E-state index in [1.807, 2.05) is 8.93 Å². The van der Waals surface area contributed by atoms with E-state index in [2.05, 4.69) is 56.4 Å². The number of halogens is 1. The fourth-order valence-electron chi connectivity index (χ4n) is 2.15. The topological polar surface area (TPSA) is 3.24 Å². The van der Waals surface area contributed by atoms with Gasteiger partial charge in [-0.25, -0.2) is 0 Å². The highest BCUT2D eigenvalue weighted by molar-refractivity contribution is 14.2. The largest absolute Gasteiger partial charge is 0.303 e. The van der Waals surface area contributed by atoms with Crippen molar-refractivity contribution < 1.29 is 0 Å². The van der Waals surface area contributed by atoms with Gasteiger partial charge in [0.15, 0.2) is 0 Å². The number of nitrogens with zero attached hydrogens (tertiary/aromatic N) is 1. The summed E-state index contributed by atoms with van der Waals surface area (Å²) in [4.78, 5) is 2.61. The lowest BCUT2D eigenvalue weighted by Gasteiger charge is -2.30. The molecule has 0 spiro atoms. The molecule has 0 aliphatic carbocycles. The summed E-state index contributed by atoms with van der Waals surface area (Å²) in [7, 11) is 2.01. The summed E-state index contributed by atoms with van der Waals surface area (Å²) in [6, 6.07) is 10.8. The molecule has 88 valence electrons. The monoisotopic (exact) mass is 347 g/mol. The lowest BCUT2D eigenvalue weighted by atomic mass is 10.1. The van der Waals surface area contributed by atoms with Gasteiger partial charge in [0, 0.05) is 11.8 Å². The first-order valence-corrected chi connectivity index (χ1v) is 9.34. The molecule has 0 amide bonds. The molecule has 16 heavy (non-hydrogen) atoms. The quantitative estimate of drug-likeness (QED) is 0.763. The van der Waals surface area contributed by atoms with Crippen LogP contribution in [0, 0.1) is 0 Å². The summed E-state index contributed by atoms with van der Waals surface area (Å²) in [5.41, 5.74) is 1.47. The molecule has 2 rings (SSSR count). The number of likely N-dealkylation sites (tertiary alicyclic amines) is 1. The lowest BCUT2D eigenvalue weighted by molar-refractivity contribution is 0.236. The number of benzene rings is 1. The molecule has 1 nitrogen and oxygen atoms in total. The zero-order chi connectivity index (χ0) is 11.2. The van der Waals surface area contributed by atoms with Crippen LogP contribution in [0.25, 0.3) is 0 Å². The van der Waals surface area contributed by atoms with Crippen molar-refractivity contribution in [3.8, 4) is 0 Å². The molecule has 0 atom stereocenters. The zero-order valence-electron chi connectivity index (χ0n) is 9.44. The molecule has 1 heterocycles. The number of piperidine rings is 1. The summed E-state index contributed by atoms with van der Waals surface area (Å²) in [5, 5.41) is 0.897. The van der Waals surface area contributed by atoms with Gasteiger partial charge in [-0.15, -0.1) is 0 Å². The van der Waals surface area contributed by atoms with E-state index in [0.29, 0.717) is 0 Å². The summed E-state index contributed by atoms with van der Waals surface area (Å²) >= 11 is 2.44. The molecule has 0 bridgehead atoms. The standard InChI is InChI=1S/C13H18INS/c14-16-13-7-10-15(11-8-13)9-6-12-4-2-1-3-5-12/h1-5,13H,6-11H2. The summed E-state index contributed by atoms with van der Waals surface area (Å²) < 4.78 is 0. The number of hydrogen-bond donors (Lipinski definition) is 0. The molecular formula is C13H18INS. The third kappa shape index (κ3) is 3.93. The highest BCUT2D eigenvalue weighted by atomic mass is 127. The Morgan fingerprint density at radius 1 is 1.19 bits per heavy atom. The Labute approximate surface area is 115 Å². The first kappa shape index (κ1) is 12.7. The number of hydrogen-bond acceptors (Lipinski definition) is 2. The van der Waals surface area contributed by atoms with Gasteiger partial charge in [-0.05, 0) is 59.1 Å². The molecule has 1 fully saturated rings. The van der Waals surface area contributed by atoms with E-state index >= 15 is 0 Å². The van der Waals surface area contributed by atoms with Crippen molar-refractivity contribution in [3.05, 3.63) is 35.9 Å². The van der Waals surface area contributed by atoms with Crippen LogP contribution in [0.1, 0.15) is 18.4 Å². The molecule has 0 unspecified atom stereocenters. The zero-order valence-corrected chi connectivity index (χ0v) is 12.4. The van der Waals surface area contributed by atoms with E-state index < -0.39 is 0 Å². The second-order valence-corrected chi connectivity index (χ2v) is 6.74. The van der Waals surface area contributed by atoms with Gasteiger partial charge in [-0.3, -0.25) is 0 Å². The maximum absolute atomic E-state index is 2.61. The van der Waals surface area contributed by atoms with E-state index in [9.17, 15) is 0 Å². The fourth-order valence-corrected chi connectivity index (χ4v) is 4.07. The normalized spacial score (nSPS) is 18.8. The van der Waals surface area contributed by atoms with Crippen molar-refractivity contribution >= 4 is 30.1 Å². The Morgan fingerprint density at radius 3 is 2.50 bits per heavy atom. The Kier molecular flexibility index (Phi) is 5.45. The highest BCUT2D eigenvalue weighted by Crippen LogP contribution is 2.28. The molecule has 0 N–H and O–H groups in total. The van der Waals surface area contributed by atoms with E-state index in [-0.39, 0.29) is 0 Å². The molecule has 0 radical (unpaired) electrons. The molecule has 0 aromatic heterocycles.